The molecule has 3 N–H and O–H groups in total. The standard InChI is InChI=1S/C29H41FN2O6/c1-15(29(2,3)4)31-27(34)24-17-6-7-18(12-17)25(24)32-26(33)20-13-23(21(30)14-22(20)37-5)38-19-10-8-16(9-11-19)28(35)36/h13-19,24-25H,6-12H2,1-5H3,(H,31,34)(H,32,33)(H,35,36)/t15-,16-,17-,18+,19+,24+,25-/m1/s1. The quantitative estimate of drug-likeness (QED) is 0.453. The molecule has 0 saturated heterocycles. The zero-order valence-corrected chi connectivity index (χ0v) is 23.0. The van der Waals surface area contributed by atoms with Gasteiger partial charge in [0.25, 0.3) is 5.91 Å². The van der Waals surface area contributed by atoms with E-state index in [4.69, 9.17) is 9.47 Å². The van der Waals surface area contributed by atoms with Gasteiger partial charge in [0.2, 0.25) is 5.91 Å². The third-order valence-corrected chi connectivity index (χ3v) is 8.99. The van der Waals surface area contributed by atoms with Crippen LogP contribution in [-0.2, 0) is 9.59 Å². The molecular formula is C29H41FN2O6. The number of carboxylic acid groups (broad SMARTS) is 1. The summed E-state index contributed by atoms with van der Waals surface area (Å²) in [6, 6.07) is 2.17. The predicted molar refractivity (Wildman–Crippen MR) is 140 cm³/mol. The topological polar surface area (TPSA) is 114 Å². The van der Waals surface area contributed by atoms with Crippen LogP contribution in [0.5, 0.6) is 11.5 Å². The number of ether oxygens (including phenoxy) is 2. The fourth-order valence-electron chi connectivity index (χ4n) is 6.21. The summed E-state index contributed by atoms with van der Waals surface area (Å²) in [5, 5.41) is 15.5. The maximum atomic E-state index is 14.9. The van der Waals surface area contributed by atoms with Gasteiger partial charge in [-0.05, 0) is 75.2 Å². The van der Waals surface area contributed by atoms with Crippen LogP contribution in [0.2, 0.25) is 0 Å². The summed E-state index contributed by atoms with van der Waals surface area (Å²) >= 11 is 0. The highest BCUT2D eigenvalue weighted by atomic mass is 19.1. The molecule has 0 spiro atoms. The number of amides is 2. The summed E-state index contributed by atoms with van der Waals surface area (Å²) in [7, 11) is 1.38. The van der Waals surface area contributed by atoms with Crippen LogP contribution in [0.15, 0.2) is 12.1 Å². The van der Waals surface area contributed by atoms with E-state index >= 15 is 0 Å². The fraction of sp³-hybridized carbons (Fsp3) is 0.690. The van der Waals surface area contributed by atoms with E-state index in [0.29, 0.717) is 25.7 Å². The first-order chi connectivity index (χ1) is 17.9. The van der Waals surface area contributed by atoms with E-state index in [1.54, 1.807) is 0 Å². The number of hydrogen-bond acceptors (Lipinski definition) is 5. The highest BCUT2D eigenvalue weighted by Gasteiger charge is 2.51. The molecule has 3 fully saturated rings. The first-order valence-electron chi connectivity index (χ1n) is 13.8. The number of hydrogen-bond donors (Lipinski definition) is 3. The second kappa shape index (κ2) is 11.1. The van der Waals surface area contributed by atoms with Crippen LogP contribution in [0.3, 0.4) is 0 Å². The second-order valence-corrected chi connectivity index (χ2v) is 12.4. The van der Waals surface area contributed by atoms with Crippen LogP contribution in [0.25, 0.3) is 0 Å². The van der Waals surface area contributed by atoms with Crippen LogP contribution in [0, 0.1) is 34.9 Å². The molecule has 210 valence electrons. The number of carboxylic acids is 1. The molecule has 0 aromatic heterocycles. The lowest BCUT2D eigenvalue weighted by Gasteiger charge is -2.34. The van der Waals surface area contributed by atoms with Crippen molar-refractivity contribution in [2.45, 2.75) is 90.8 Å². The van der Waals surface area contributed by atoms with Gasteiger partial charge < -0.3 is 25.2 Å². The summed E-state index contributed by atoms with van der Waals surface area (Å²) in [5.41, 5.74) is 0.0599. The molecule has 3 saturated carbocycles. The Balaban J connectivity index is 1.49. The van der Waals surface area contributed by atoms with Crippen LogP contribution in [0.4, 0.5) is 4.39 Å². The third kappa shape index (κ3) is 5.91. The van der Waals surface area contributed by atoms with Gasteiger partial charge in [0.15, 0.2) is 11.6 Å². The Morgan fingerprint density at radius 2 is 1.68 bits per heavy atom. The number of halogens is 1. The summed E-state index contributed by atoms with van der Waals surface area (Å²) < 4.78 is 26.1. The number of benzene rings is 1. The molecule has 3 aliphatic rings. The summed E-state index contributed by atoms with van der Waals surface area (Å²) in [4.78, 5) is 38.1. The summed E-state index contributed by atoms with van der Waals surface area (Å²) in [6.45, 7) is 8.24. The number of nitrogens with one attached hydrogen (secondary N) is 2. The minimum absolute atomic E-state index is 0.0204. The first kappa shape index (κ1) is 28.2. The third-order valence-electron chi connectivity index (χ3n) is 8.99. The zero-order chi connectivity index (χ0) is 27.8. The molecule has 1 aromatic rings. The Bertz CT molecular complexity index is 1060. The van der Waals surface area contributed by atoms with E-state index in [1.807, 2.05) is 6.92 Å². The van der Waals surface area contributed by atoms with E-state index in [2.05, 4.69) is 31.4 Å². The van der Waals surface area contributed by atoms with E-state index < -0.39 is 23.6 Å². The van der Waals surface area contributed by atoms with Crippen molar-refractivity contribution in [2.24, 2.45) is 29.1 Å². The zero-order valence-electron chi connectivity index (χ0n) is 23.0. The molecule has 9 heteroatoms. The van der Waals surface area contributed by atoms with Gasteiger partial charge in [0, 0.05) is 18.2 Å². The molecule has 2 amide bonds. The highest BCUT2D eigenvalue weighted by Crippen LogP contribution is 2.49. The lowest BCUT2D eigenvalue weighted by molar-refractivity contribution is -0.143. The Hall–Kier alpha value is -2.84. The van der Waals surface area contributed by atoms with Gasteiger partial charge in [-0.25, -0.2) is 4.39 Å². The minimum atomic E-state index is -0.821. The van der Waals surface area contributed by atoms with Gasteiger partial charge >= 0.3 is 5.97 Å². The number of carbonyl (C=O) groups is 3. The Kier molecular flexibility index (Phi) is 8.23. The van der Waals surface area contributed by atoms with Crippen molar-refractivity contribution in [2.75, 3.05) is 7.11 Å². The van der Waals surface area contributed by atoms with Crippen molar-refractivity contribution in [3.05, 3.63) is 23.5 Å². The number of aliphatic carboxylic acids is 1. The van der Waals surface area contributed by atoms with Gasteiger partial charge in [0.05, 0.1) is 30.6 Å². The van der Waals surface area contributed by atoms with Crippen LogP contribution >= 0.6 is 0 Å². The lowest BCUT2D eigenvalue weighted by atomic mass is 9.82. The molecule has 8 nitrogen and oxygen atoms in total. The number of carbonyl (C=O) groups excluding carboxylic acids is 2. The molecule has 5 atom stereocenters. The lowest BCUT2D eigenvalue weighted by Crippen LogP contribution is -2.52. The van der Waals surface area contributed by atoms with E-state index in [-0.39, 0.29) is 64.3 Å². The van der Waals surface area contributed by atoms with Gasteiger partial charge in [-0.3, -0.25) is 14.4 Å². The average Bonchev–Trinajstić information content (AvgIpc) is 3.46. The molecule has 2 bridgehead atoms. The molecule has 4 rings (SSSR count). The highest BCUT2D eigenvalue weighted by molar-refractivity contribution is 5.98. The van der Waals surface area contributed by atoms with Gasteiger partial charge in [-0.15, -0.1) is 0 Å². The molecule has 0 unspecified atom stereocenters. The maximum Gasteiger partial charge on any atom is 0.306 e. The van der Waals surface area contributed by atoms with Gasteiger partial charge in [0.1, 0.15) is 5.75 Å². The summed E-state index contributed by atoms with van der Waals surface area (Å²) in [5.74, 6) is -2.17. The van der Waals surface area contributed by atoms with Gasteiger partial charge in [-0.1, -0.05) is 20.8 Å². The van der Waals surface area contributed by atoms with Crippen molar-refractivity contribution in [3.63, 3.8) is 0 Å². The SMILES string of the molecule is COc1cc(F)c(O[C@H]2CC[C@@H](C(=O)O)CC2)cc1C(=O)N[C@@H]1[C@H]2CC[C@H](C2)[C@@H]1C(=O)N[C@H](C)C(C)(C)C. The molecule has 0 aliphatic heterocycles. The monoisotopic (exact) mass is 532 g/mol. The second-order valence-electron chi connectivity index (χ2n) is 12.4. The van der Waals surface area contributed by atoms with Crippen molar-refractivity contribution < 1.29 is 33.4 Å². The minimum Gasteiger partial charge on any atom is -0.496 e. The number of fused-ring (bicyclic) bond motifs is 2. The molecule has 38 heavy (non-hydrogen) atoms. The molecule has 1 aromatic carbocycles. The normalized spacial score (nSPS) is 29.4. The number of methoxy groups -OCH3 is 1. The van der Waals surface area contributed by atoms with Crippen LogP contribution < -0.4 is 20.1 Å². The predicted octanol–water partition coefficient (Wildman–Crippen LogP) is 4.55. The Labute approximate surface area is 224 Å². The van der Waals surface area contributed by atoms with Crippen LogP contribution in [0.1, 0.15) is 83.0 Å². The smallest absolute Gasteiger partial charge is 0.306 e. The fourth-order valence-corrected chi connectivity index (χ4v) is 6.21. The van der Waals surface area contributed by atoms with E-state index in [1.165, 1.54) is 13.2 Å². The van der Waals surface area contributed by atoms with Crippen LogP contribution in [-0.4, -0.2) is 48.2 Å². The van der Waals surface area contributed by atoms with Crippen molar-refractivity contribution >= 4 is 17.8 Å². The Morgan fingerprint density at radius 3 is 2.29 bits per heavy atom. The Morgan fingerprint density at radius 1 is 1.03 bits per heavy atom. The maximum absolute atomic E-state index is 14.9. The molecule has 0 heterocycles. The van der Waals surface area contributed by atoms with Gasteiger partial charge in [-0.2, -0.15) is 0 Å². The average molecular weight is 533 g/mol. The largest absolute Gasteiger partial charge is 0.496 e. The molecule has 3 aliphatic carbocycles. The first-order valence-corrected chi connectivity index (χ1v) is 13.8. The summed E-state index contributed by atoms with van der Waals surface area (Å²) in [6.07, 6.45) is 4.44. The van der Waals surface area contributed by atoms with E-state index in [0.717, 1.165) is 25.3 Å². The van der Waals surface area contributed by atoms with Crippen molar-refractivity contribution in [1.29, 1.82) is 0 Å². The number of rotatable bonds is 8. The van der Waals surface area contributed by atoms with E-state index in [9.17, 15) is 23.9 Å². The molecular weight excluding hydrogens is 491 g/mol. The molecule has 0 radical (unpaired) electrons. The van der Waals surface area contributed by atoms with Crippen molar-refractivity contribution in [3.8, 4) is 11.5 Å². The van der Waals surface area contributed by atoms with Crippen molar-refractivity contribution in [1.82, 2.24) is 10.6 Å².